The number of pyridine rings is 1. The molecule has 0 bridgehead atoms. The molecule has 0 aromatic carbocycles. The van der Waals surface area contributed by atoms with Gasteiger partial charge in [-0.25, -0.2) is 13.9 Å². The summed E-state index contributed by atoms with van der Waals surface area (Å²) in [6, 6.07) is 3.52. The largest absolute Gasteiger partial charge is 0.387 e. The van der Waals surface area contributed by atoms with Crippen LogP contribution >= 0.6 is 11.6 Å². The van der Waals surface area contributed by atoms with Crippen LogP contribution in [0.15, 0.2) is 30.7 Å². The van der Waals surface area contributed by atoms with E-state index < -0.39 is 17.7 Å². The summed E-state index contributed by atoms with van der Waals surface area (Å²) in [5.74, 6) is -0.486. The third-order valence-corrected chi connectivity index (χ3v) is 5.17. The first kappa shape index (κ1) is 22.9. The van der Waals surface area contributed by atoms with Crippen LogP contribution in [0.3, 0.4) is 0 Å². The lowest BCUT2D eigenvalue weighted by molar-refractivity contribution is -0.00177. The maximum absolute atomic E-state index is 14.1. The molecule has 3 N–H and O–H groups in total. The van der Waals surface area contributed by atoms with E-state index in [-0.39, 0.29) is 18.2 Å². The van der Waals surface area contributed by atoms with E-state index in [4.69, 9.17) is 11.6 Å². The number of nitrogens with zero attached hydrogens (tertiary/aromatic N) is 4. The number of hydrogen-bond acceptors (Lipinski definition) is 6. The lowest BCUT2D eigenvalue weighted by Gasteiger charge is -2.23. The molecule has 3 rings (SSSR count). The second-order valence-corrected chi connectivity index (χ2v) is 8.42. The zero-order chi connectivity index (χ0) is 22.8. The van der Waals surface area contributed by atoms with Crippen molar-refractivity contribution in [3.63, 3.8) is 0 Å². The number of anilines is 1. The van der Waals surface area contributed by atoms with Crippen molar-refractivity contribution < 1.29 is 14.3 Å². The van der Waals surface area contributed by atoms with E-state index in [1.807, 2.05) is 13.8 Å². The minimum Gasteiger partial charge on any atom is -0.387 e. The number of carbonyl (C=O) groups is 1. The molecular formula is C21H26ClFN6O2. The molecule has 0 saturated heterocycles. The Balaban J connectivity index is 1.94. The molecular weight excluding hydrogens is 423 g/mol. The number of aliphatic hydroxyl groups is 1. The van der Waals surface area contributed by atoms with Crippen molar-refractivity contribution in [3.05, 3.63) is 41.3 Å². The summed E-state index contributed by atoms with van der Waals surface area (Å²) in [7, 11) is 0. The minimum absolute atomic E-state index is 0.0891. The van der Waals surface area contributed by atoms with Gasteiger partial charge in [-0.3, -0.25) is 9.78 Å². The summed E-state index contributed by atoms with van der Waals surface area (Å²) in [5, 5.41) is 20.3. The van der Waals surface area contributed by atoms with Crippen LogP contribution in [-0.4, -0.2) is 55.0 Å². The van der Waals surface area contributed by atoms with Crippen molar-refractivity contribution in [1.82, 2.24) is 24.9 Å². The molecule has 3 aromatic rings. The monoisotopic (exact) mass is 448 g/mol. The van der Waals surface area contributed by atoms with Gasteiger partial charge in [0, 0.05) is 18.3 Å². The van der Waals surface area contributed by atoms with Crippen LogP contribution in [0.4, 0.5) is 10.1 Å². The Kier molecular flexibility index (Phi) is 6.76. The molecule has 31 heavy (non-hydrogen) atoms. The van der Waals surface area contributed by atoms with Crippen molar-refractivity contribution in [3.8, 4) is 11.4 Å². The second kappa shape index (κ2) is 9.15. The molecule has 8 nitrogen and oxygen atoms in total. The maximum Gasteiger partial charge on any atom is 0.255 e. The van der Waals surface area contributed by atoms with Crippen LogP contribution in [0.1, 0.15) is 44.5 Å². The predicted molar refractivity (Wildman–Crippen MR) is 118 cm³/mol. The van der Waals surface area contributed by atoms with Crippen LogP contribution in [0.2, 0.25) is 5.02 Å². The zero-order valence-corrected chi connectivity index (χ0v) is 18.6. The lowest BCUT2D eigenvalue weighted by Crippen LogP contribution is -2.42. The number of imidazole rings is 1. The SMILES string of the molecule is CC[C@@H](C)Nc1cc(-c2cnc3cc(Cl)cnn23)ncc1C(=O)NCC(F)C(C)(C)O. The third-order valence-electron chi connectivity index (χ3n) is 4.96. The Labute approximate surface area is 184 Å². The standard InChI is InChI=1S/C21H26ClFN6O2/c1-5-12(2)28-15-7-16(17-10-25-19-6-13(22)8-27-29(17)19)24-9-14(15)20(30)26-11-18(23)21(3,4)31/h6-10,12,18,31H,5,11H2,1-4H3,(H,24,28)(H,26,30)/t12-,18?/m1/s1. The number of fused-ring (bicyclic) bond motifs is 1. The molecule has 2 atom stereocenters. The van der Waals surface area contributed by atoms with E-state index in [9.17, 15) is 14.3 Å². The second-order valence-electron chi connectivity index (χ2n) is 7.99. The molecule has 10 heteroatoms. The van der Waals surface area contributed by atoms with Gasteiger partial charge in [-0.15, -0.1) is 0 Å². The quantitative estimate of drug-likeness (QED) is 0.487. The third kappa shape index (κ3) is 5.29. The first-order valence-electron chi connectivity index (χ1n) is 10.0. The van der Waals surface area contributed by atoms with Crippen molar-refractivity contribution in [2.45, 2.75) is 51.9 Å². The number of carbonyl (C=O) groups excluding carboxylic acids is 1. The molecule has 1 amide bonds. The Morgan fingerprint density at radius 1 is 1.29 bits per heavy atom. The van der Waals surface area contributed by atoms with Gasteiger partial charge in [0.1, 0.15) is 11.9 Å². The van der Waals surface area contributed by atoms with E-state index >= 15 is 0 Å². The number of rotatable bonds is 8. The van der Waals surface area contributed by atoms with E-state index in [0.29, 0.717) is 27.7 Å². The highest BCUT2D eigenvalue weighted by Crippen LogP contribution is 2.25. The number of aromatic nitrogens is 4. The Morgan fingerprint density at radius 2 is 2.03 bits per heavy atom. The first-order chi connectivity index (χ1) is 14.6. The molecule has 3 heterocycles. The van der Waals surface area contributed by atoms with Gasteiger partial charge in [0.25, 0.3) is 5.91 Å². The van der Waals surface area contributed by atoms with Gasteiger partial charge < -0.3 is 15.7 Å². The average Bonchev–Trinajstić information content (AvgIpc) is 3.13. The van der Waals surface area contributed by atoms with Gasteiger partial charge in [0.15, 0.2) is 5.65 Å². The van der Waals surface area contributed by atoms with E-state index in [1.54, 1.807) is 22.8 Å². The summed E-state index contributed by atoms with van der Waals surface area (Å²) in [4.78, 5) is 21.4. The summed E-state index contributed by atoms with van der Waals surface area (Å²) in [6.07, 6.45) is 3.80. The molecule has 0 saturated carbocycles. The maximum atomic E-state index is 14.1. The molecule has 0 aliphatic carbocycles. The zero-order valence-electron chi connectivity index (χ0n) is 17.9. The molecule has 0 spiro atoms. The van der Waals surface area contributed by atoms with E-state index in [2.05, 4.69) is 25.7 Å². The molecule has 3 aromatic heterocycles. The van der Waals surface area contributed by atoms with E-state index in [0.717, 1.165) is 6.42 Å². The average molecular weight is 449 g/mol. The van der Waals surface area contributed by atoms with Crippen molar-refractivity contribution in [2.75, 3.05) is 11.9 Å². The Hall–Kier alpha value is -2.78. The normalized spacial score (nSPS) is 13.8. The highest BCUT2D eigenvalue weighted by atomic mass is 35.5. The molecule has 0 aliphatic rings. The van der Waals surface area contributed by atoms with E-state index in [1.165, 1.54) is 26.2 Å². The smallest absolute Gasteiger partial charge is 0.255 e. The molecule has 0 radical (unpaired) electrons. The van der Waals surface area contributed by atoms with Gasteiger partial charge in [-0.05, 0) is 33.3 Å². The minimum atomic E-state index is -1.61. The van der Waals surface area contributed by atoms with Crippen molar-refractivity contribution in [1.29, 1.82) is 0 Å². The van der Waals surface area contributed by atoms with Gasteiger partial charge >= 0.3 is 0 Å². The fourth-order valence-electron chi connectivity index (χ4n) is 2.82. The van der Waals surface area contributed by atoms with Crippen LogP contribution in [0, 0.1) is 0 Å². The predicted octanol–water partition coefficient (Wildman–Crippen LogP) is 3.49. The lowest BCUT2D eigenvalue weighted by atomic mass is 10.0. The van der Waals surface area contributed by atoms with Crippen LogP contribution in [0.5, 0.6) is 0 Å². The van der Waals surface area contributed by atoms with Gasteiger partial charge in [-0.1, -0.05) is 18.5 Å². The summed E-state index contributed by atoms with van der Waals surface area (Å²) in [5.41, 5.74) is 1.05. The number of alkyl halides is 1. The Bertz CT molecular complexity index is 1080. The van der Waals surface area contributed by atoms with Crippen LogP contribution in [0.25, 0.3) is 17.0 Å². The van der Waals surface area contributed by atoms with Crippen LogP contribution in [-0.2, 0) is 0 Å². The van der Waals surface area contributed by atoms with Gasteiger partial charge in [0.05, 0.1) is 46.5 Å². The molecule has 1 unspecified atom stereocenters. The van der Waals surface area contributed by atoms with Gasteiger partial charge in [-0.2, -0.15) is 5.10 Å². The molecule has 0 fully saturated rings. The first-order valence-corrected chi connectivity index (χ1v) is 10.4. The summed E-state index contributed by atoms with van der Waals surface area (Å²) < 4.78 is 15.7. The topological polar surface area (TPSA) is 104 Å². The van der Waals surface area contributed by atoms with Crippen LogP contribution < -0.4 is 10.6 Å². The summed E-state index contributed by atoms with van der Waals surface area (Å²) >= 11 is 5.98. The highest BCUT2D eigenvalue weighted by Gasteiger charge is 2.27. The Morgan fingerprint density at radius 3 is 2.71 bits per heavy atom. The summed E-state index contributed by atoms with van der Waals surface area (Å²) in [6.45, 7) is 6.41. The number of nitrogens with one attached hydrogen (secondary N) is 2. The molecule has 166 valence electrons. The van der Waals surface area contributed by atoms with Crippen molar-refractivity contribution >= 4 is 28.8 Å². The fourth-order valence-corrected chi connectivity index (χ4v) is 2.96. The number of hydrogen-bond donors (Lipinski definition) is 3. The fraction of sp³-hybridized carbons (Fsp3) is 0.429. The van der Waals surface area contributed by atoms with Gasteiger partial charge in [0.2, 0.25) is 0 Å². The number of amides is 1. The number of halogens is 2. The highest BCUT2D eigenvalue weighted by molar-refractivity contribution is 6.30. The molecule has 0 aliphatic heterocycles. The van der Waals surface area contributed by atoms with Crippen molar-refractivity contribution in [2.24, 2.45) is 0 Å².